The van der Waals surface area contributed by atoms with Gasteiger partial charge in [0.25, 0.3) is 5.69 Å². The fraction of sp³-hybridized carbons (Fsp3) is 0.150. The number of pyridine rings is 1. The molecule has 0 spiro atoms. The quantitative estimate of drug-likeness (QED) is 0.431. The van der Waals surface area contributed by atoms with Crippen LogP contribution < -0.4 is 4.74 Å². The largest absolute Gasteiger partial charge is 0.454 e. The maximum Gasteiger partial charge on any atom is 0.272 e. The first-order chi connectivity index (χ1) is 12.6. The molecular formula is C20H17FN2O3. The summed E-state index contributed by atoms with van der Waals surface area (Å²) in [5, 5.41) is 10.7. The Balaban J connectivity index is 1.91. The lowest BCUT2D eigenvalue weighted by Crippen LogP contribution is -1.94. The fourth-order valence-corrected chi connectivity index (χ4v) is 2.63. The number of nitro benzene ring substituents is 1. The molecular weight excluding hydrogens is 335 g/mol. The summed E-state index contributed by atoms with van der Waals surface area (Å²) in [7, 11) is 0. The number of hydrogen-bond donors (Lipinski definition) is 0. The van der Waals surface area contributed by atoms with Crippen molar-refractivity contribution >= 4 is 5.69 Å². The average Bonchev–Trinajstić information content (AvgIpc) is 2.65. The van der Waals surface area contributed by atoms with E-state index in [1.54, 1.807) is 18.5 Å². The fourth-order valence-electron chi connectivity index (χ4n) is 2.63. The Morgan fingerprint density at radius 2 is 1.88 bits per heavy atom. The van der Waals surface area contributed by atoms with Crippen LogP contribution in [-0.2, 0) is 6.42 Å². The minimum Gasteiger partial charge on any atom is -0.454 e. The molecule has 132 valence electrons. The van der Waals surface area contributed by atoms with Gasteiger partial charge in [0.05, 0.1) is 11.0 Å². The topological polar surface area (TPSA) is 65.3 Å². The molecule has 3 rings (SSSR count). The summed E-state index contributed by atoms with van der Waals surface area (Å²) < 4.78 is 19.8. The first kappa shape index (κ1) is 17.5. The van der Waals surface area contributed by atoms with Crippen molar-refractivity contribution in [2.75, 3.05) is 0 Å². The third-order valence-corrected chi connectivity index (χ3v) is 3.93. The van der Waals surface area contributed by atoms with Crippen LogP contribution in [0.25, 0.3) is 11.1 Å². The van der Waals surface area contributed by atoms with Crippen LogP contribution in [0.3, 0.4) is 0 Å². The van der Waals surface area contributed by atoms with E-state index in [1.165, 1.54) is 17.7 Å². The maximum atomic E-state index is 14.1. The highest BCUT2D eigenvalue weighted by Gasteiger charge is 2.14. The molecule has 0 aliphatic rings. The highest BCUT2D eigenvalue weighted by atomic mass is 19.1. The van der Waals surface area contributed by atoms with Crippen molar-refractivity contribution < 1.29 is 14.1 Å². The lowest BCUT2D eigenvalue weighted by atomic mass is 10.0. The van der Waals surface area contributed by atoms with Crippen molar-refractivity contribution in [2.45, 2.75) is 19.8 Å². The number of rotatable bonds is 6. The summed E-state index contributed by atoms with van der Waals surface area (Å²) >= 11 is 0. The Morgan fingerprint density at radius 1 is 1.12 bits per heavy atom. The van der Waals surface area contributed by atoms with E-state index in [9.17, 15) is 14.5 Å². The minimum absolute atomic E-state index is 0.0781. The molecule has 2 aromatic carbocycles. The van der Waals surface area contributed by atoms with Gasteiger partial charge in [0.1, 0.15) is 5.75 Å². The second kappa shape index (κ2) is 7.74. The average molecular weight is 352 g/mol. The summed E-state index contributed by atoms with van der Waals surface area (Å²) in [5.74, 6) is -0.443. The number of aromatic nitrogens is 1. The van der Waals surface area contributed by atoms with Crippen molar-refractivity contribution in [3.8, 4) is 22.6 Å². The molecule has 1 heterocycles. The Bertz CT molecular complexity index is 927. The van der Waals surface area contributed by atoms with E-state index in [2.05, 4.69) is 11.9 Å². The van der Waals surface area contributed by atoms with Crippen LogP contribution in [0.5, 0.6) is 11.5 Å². The highest BCUT2D eigenvalue weighted by molar-refractivity contribution is 5.70. The number of nitrogens with zero attached hydrogens (tertiary/aromatic N) is 2. The second-order valence-corrected chi connectivity index (χ2v) is 5.79. The maximum absolute atomic E-state index is 14.1. The van der Waals surface area contributed by atoms with Crippen LogP contribution in [0.4, 0.5) is 10.1 Å². The smallest absolute Gasteiger partial charge is 0.272 e. The van der Waals surface area contributed by atoms with Gasteiger partial charge in [-0.1, -0.05) is 37.6 Å². The zero-order chi connectivity index (χ0) is 18.5. The van der Waals surface area contributed by atoms with Gasteiger partial charge in [-0.15, -0.1) is 0 Å². The highest BCUT2D eigenvalue weighted by Crippen LogP contribution is 2.34. The van der Waals surface area contributed by atoms with Gasteiger partial charge < -0.3 is 4.74 Å². The zero-order valence-electron chi connectivity index (χ0n) is 14.2. The van der Waals surface area contributed by atoms with Gasteiger partial charge >= 0.3 is 0 Å². The third kappa shape index (κ3) is 3.85. The molecule has 0 aliphatic carbocycles. The standard InChI is InChI=1S/C20H17FN2O3/c1-2-3-14-4-6-15(7-5-14)17-13-22-11-10-19(17)26-20-9-8-16(23(24)25)12-18(20)21/h4-13H,2-3H2,1H3. The Kier molecular flexibility index (Phi) is 5.22. The van der Waals surface area contributed by atoms with Gasteiger partial charge in [0.15, 0.2) is 11.6 Å². The molecule has 0 aliphatic heterocycles. The van der Waals surface area contributed by atoms with Crippen molar-refractivity contribution in [1.29, 1.82) is 0 Å². The second-order valence-electron chi connectivity index (χ2n) is 5.79. The van der Waals surface area contributed by atoms with Gasteiger partial charge in [-0.2, -0.15) is 0 Å². The third-order valence-electron chi connectivity index (χ3n) is 3.93. The van der Waals surface area contributed by atoms with Crippen LogP contribution >= 0.6 is 0 Å². The summed E-state index contributed by atoms with van der Waals surface area (Å²) in [6.45, 7) is 2.12. The number of halogens is 1. The first-order valence-corrected chi connectivity index (χ1v) is 8.23. The molecule has 0 atom stereocenters. The number of non-ortho nitro benzene ring substituents is 1. The van der Waals surface area contributed by atoms with E-state index >= 15 is 0 Å². The van der Waals surface area contributed by atoms with Crippen LogP contribution in [0.2, 0.25) is 0 Å². The van der Waals surface area contributed by atoms with Crippen LogP contribution in [0, 0.1) is 15.9 Å². The Labute approximate surface area is 150 Å². The van der Waals surface area contributed by atoms with Gasteiger partial charge in [-0.25, -0.2) is 4.39 Å². The van der Waals surface area contributed by atoms with Crippen molar-refractivity contribution in [3.63, 3.8) is 0 Å². The van der Waals surface area contributed by atoms with Gasteiger partial charge in [0.2, 0.25) is 0 Å². The van der Waals surface area contributed by atoms with Crippen molar-refractivity contribution in [2.24, 2.45) is 0 Å². The normalized spacial score (nSPS) is 10.5. The van der Waals surface area contributed by atoms with Crippen LogP contribution in [0.1, 0.15) is 18.9 Å². The molecule has 0 saturated heterocycles. The summed E-state index contributed by atoms with van der Waals surface area (Å²) in [4.78, 5) is 14.2. The predicted molar refractivity (Wildman–Crippen MR) is 96.8 cm³/mol. The molecule has 0 amide bonds. The van der Waals surface area contributed by atoms with Gasteiger partial charge in [0, 0.05) is 24.0 Å². The van der Waals surface area contributed by atoms with E-state index in [-0.39, 0.29) is 11.4 Å². The number of benzene rings is 2. The summed E-state index contributed by atoms with van der Waals surface area (Å²) in [6, 6.07) is 13.0. The van der Waals surface area contributed by atoms with Crippen LogP contribution in [0.15, 0.2) is 60.9 Å². The molecule has 1 aromatic heterocycles. The Morgan fingerprint density at radius 3 is 2.54 bits per heavy atom. The molecule has 0 fully saturated rings. The molecule has 6 heteroatoms. The zero-order valence-corrected chi connectivity index (χ0v) is 14.2. The van der Waals surface area contributed by atoms with E-state index in [0.29, 0.717) is 11.3 Å². The first-order valence-electron chi connectivity index (χ1n) is 8.23. The molecule has 0 bridgehead atoms. The predicted octanol–water partition coefficient (Wildman–Crippen LogP) is 5.54. The van der Waals surface area contributed by atoms with E-state index in [4.69, 9.17) is 4.74 Å². The summed E-state index contributed by atoms with van der Waals surface area (Å²) in [6.07, 6.45) is 5.27. The summed E-state index contributed by atoms with van der Waals surface area (Å²) in [5.41, 5.74) is 2.53. The molecule has 0 radical (unpaired) electrons. The van der Waals surface area contributed by atoms with Crippen molar-refractivity contribution in [3.05, 3.63) is 82.4 Å². The lowest BCUT2D eigenvalue weighted by molar-refractivity contribution is -0.385. The molecule has 0 N–H and O–H groups in total. The van der Waals surface area contributed by atoms with Crippen LogP contribution in [-0.4, -0.2) is 9.91 Å². The van der Waals surface area contributed by atoms with E-state index < -0.39 is 10.7 Å². The minimum atomic E-state index is -0.791. The Hall–Kier alpha value is -3.28. The van der Waals surface area contributed by atoms with Gasteiger partial charge in [-0.3, -0.25) is 15.1 Å². The van der Waals surface area contributed by atoms with Gasteiger partial charge in [-0.05, 0) is 29.7 Å². The number of nitro groups is 1. The molecule has 26 heavy (non-hydrogen) atoms. The van der Waals surface area contributed by atoms with E-state index in [1.807, 2.05) is 24.3 Å². The van der Waals surface area contributed by atoms with Crippen molar-refractivity contribution in [1.82, 2.24) is 4.98 Å². The number of hydrogen-bond acceptors (Lipinski definition) is 4. The monoisotopic (exact) mass is 352 g/mol. The molecule has 5 nitrogen and oxygen atoms in total. The lowest BCUT2D eigenvalue weighted by Gasteiger charge is -2.12. The number of aryl methyl sites for hydroxylation is 1. The van der Waals surface area contributed by atoms with E-state index in [0.717, 1.165) is 24.5 Å². The molecule has 0 saturated carbocycles. The number of ether oxygens (including phenoxy) is 1. The SMILES string of the molecule is CCCc1ccc(-c2cnccc2Oc2ccc([N+](=O)[O-])cc2F)cc1. The molecule has 0 unspecified atom stereocenters. The molecule has 3 aromatic rings.